The van der Waals surface area contributed by atoms with Gasteiger partial charge in [0.25, 0.3) is 5.56 Å². The molecule has 4 rings (SSSR count). The summed E-state index contributed by atoms with van der Waals surface area (Å²) in [7, 11) is 0. The Morgan fingerprint density at radius 1 is 1.24 bits per heavy atom. The van der Waals surface area contributed by atoms with Crippen LogP contribution < -0.4 is 5.56 Å². The number of hydrogen-bond donors (Lipinski definition) is 1. The first-order valence-electron chi connectivity index (χ1n) is 8.91. The van der Waals surface area contributed by atoms with Gasteiger partial charge in [-0.3, -0.25) is 9.69 Å². The summed E-state index contributed by atoms with van der Waals surface area (Å²) < 4.78 is 2.31. The van der Waals surface area contributed by atoms with Crippen LogP contribution in [0, 0.1) is 6.92 Å². The van der Waals surface area contributed by atoms with Crippen LogP contribution in [0.5, 0.6) is 0 Å². The lowest BCUT2D eigenvalue weighted by Gasteiger charge is -2.27. The van der Waals surface area contributed by atoms with Crippen LogP contribution in [-0.2, 0) is 26.1 Å². The second-order valence-corrected chi connectivity index (χ2v) is 6.71. The summed E-state index contributed by atoms with van der Waals surface area (Å²) >= 11 is 0. The molecule has 0 radical (unpaired) electrons. The van der Waals surface area contributed by atoms with Crippen molar-refractivity contribution in [3.05, 3.63) is 57.5 Å². The Balaban J connectivity index is 1.64. The van der Waals surface area contributed by atoms with Crippen molar-refractivity contribution in [2.75, 3.05) is 6.54 Å². The molecule has 1 aromatic carbocycles. The van der Waals surface area contributed by atoms with Crippen molar-refractivity contribution in [2.24, 2.45) is 0 Å². The highest BCUT2D eigenvalue weighted by Gasteiger charge is 2.22. The Bertz CT molecular complexity index is 972. The molecule has 3 heterocycles. The third-order valence-corrected chi connectivity index (χ3v) is 4.81. The molecule has 0 amide bonds. The van der Waals surface area contributed by atoms with E-state index in [2.05, 4.69) is 44.6 Å². The van der Waals surface area contributed by atoms with E-state index in [4.69, 9.17) is 4.98 Å². The van der Waals surface area contributed by atoms with Gasteiger partial charge < -0.3 is 9.55 Å². The fraction of sp³-hybridized carbons (Fsp3) is 0.421. The highest BCUT2D eigenvalue weighted by Crippen LogP contribution is 2.20. The number of rotatable bonds is 4. The Hall–Kier alpha value is -2.47. The van der Waals surface area contributed by atoms with Crippen molar-refractivity contribution in [3.63, 3.8) is 0 Å². The van der Waals surface area contributed by atoms with Crippen LogP contribution in [0.4, 0.5) is 0 Å². The van der Waals surface area contributed by atoms with Gasteiger partial charge in [0.15, 0.2) is 0 Å². The highest BCUT2D eigenvalue weighted by atomic mass is 16.1. The summed E-state index contributed by atoms with van der Waals surface area (Å²) in [4.78, 5) is 26.7. The van der Waals surface area contributed by atoms with Crippen LogP contribution in [0.3, 0.4) is 0 Å². The second kappa shape index (κ2) is 6.44. The third-order valence-electron chi connectivity index (χ3n) is 4.81. The zero-order valence-electron chi connectivity index (χ0n) is 14.7. The first-order valence-corrected chi connectivity index (χ1v) is 8.91. The van der Waals surface area contributed by atoms with Gasteiger partial charge in [-0.05, 0) is 25.5 Å². The first-order chi connectivity index (χ1) is 12.2. The van der Waals surface area contributed by atoms with E-state index in [1.54, 1.807) is 0 Å². The molecular formula is C19H23N5O. The smallest absolute Gasteiger partial charge is 0.255 e. The van der Waals surface area contributed by atoms with Crippen molar-refractivity contribution in [3.8, 4) is 0 Å². The van der Waals surface area contributed by atoms with Gasteiger partial charge in [0.05, 0.1) is 28.8 Å². The Kier molecular flexibility index (Phi) is 4.13. The van der Waals surface area contributed by atoms with Gasteiger partial charge in [-0.25, -0.2) is 9.97 Å². The van der Waals surface area contributed by atoms with Crippen LogP contribution >= 0.6 is 0 Å². The molecule has 3 aromatic rings. The average Bonchev–Trinajstić information content (AvgIpc) is 2.93. The fourth-order valence-electron chi connectivity index (χ4n) is 3.66. The highest BCUT2D eigenvalue weighted by molar-refractivity contribution is 5.75. The zero-order valence-corrected chi connectivity index (χ0v) is 14.7. The van der Waals surface area contributed by atoms with Crippen LogP contribution in [0.15, 0.2) is 29.1 Å². The van der Waals surface area contributed by atoms with Crippen LogP contribution in [-0.4, -0.2) is 31.0 Å². The van der Waals surface area contributed by atoms with E-state index in [-0.39, 0.29) is 5.56 Å². The van der Waals surface area contributed by atoms with Gasteiger partial charge in [0, 0.05) is 26.1 Å². The molecule has 0 unspecified atom stereocenters. The molecule has 25 heavy (non-hydrogen) atoms. The quantitative estimate of drug-likeness (QED) is 0.794. The summed E-state index contributed by atoms with van der Waals surface area (Å²) in [5.41, 5.74) is 3.97. The fourth-order valence-corrected chi connectivity index (χ4v) is 3.66. The number of nitrogens with zero attached hydrogens (tertiary/aromatic N) is 4. The maximum absolute atomic E-state index is 12.2. The standard InChI is InChI=1S/C19H23N5O/c1-3-9-24-17-7-5-4-6-16(17)22-18(24)12-23-10-8-15-14(11-23)19(25)21-13(2)20-15/h4-7H,3,8-12H2,1-2H3,(H,20,21,25). The molecule has 0 spiro atoms. The van der Waals surface area contributed by atoms with E-state index in [1.165, 1.54) is 5.52 Å². The Morgan fingerprint density at radius 3 is 2.92 bits per heavy atom. The molecule has 0 fully saturated rings. The molecule has 1 aliphatic heterocycles. The summed E-state index contributed by atoms with van der Waals surface area (Å²) in [5.74, 6) is 1.77. The number of nitrogens with one attached hydrogen (secondary N) is 1. The number of imidazole rings is 1. The predicted molar refractivity (Wildman–Crippen MR) is 97.4 cm³/mol. The van der Waals surface area contributed by atoms with Gasteiger partial charge in [-0.1, -0.05) is 19.1 Å². The number of aromatic nitrogens is 4. The lowest BCUT2D eigenvalue weighted by molar-refractivity contribution is 0.232. The number of para-hydroxylation sites is 2. The third kappa shape index (κ3) is 2.98. The lowest BCUT2D eigenvalue weighted by Crippen LogP contribution is -2.36. The van der Waals surface area contributed by atoms with Crippen LogP contribution in [0.25, 0.3) is 11.0 Å². The predicted octanol–water partition coefficient (Wildman–Crippen LogP) is 2.40. The largest absolute Gasteiger partial charge is 0.327 e. The van der Waals surface area contributed by atoms with E-state index in [1.807, 2.05) is 13.0 Å². The molecule has 1 N–H and O–H groups in total. The molecule has 130 valence electrons. The van der Waals surface area contributed by atoms with Gasteiger partial charge >= 0.3 is 0 Å². The number of aryl methyl sites for hydroxylation is 2. The summed E-state index contributed by atoms with van der Waals surface area (Å²) in [6.07, 6.45) is 1.88. The minimum Gasteiger partial charge on any atom is -0.327 e. The molecule has 1 aliphatic rings. The van der Waals surface area contributed by atoms with Crippen LogP contribution in [0.2, 0.25) is 0 Å². The number of fused-ring (bicyclic) bond motifs is 2. The van der Waals surface area contributed by atoms with E-state index < -0.39 is 0 Å². The van der Waals surface area contributed by atoms with Gasteiger partial charge in [0.2, 0.25) is 0 Å². The molecule has 0 saturated heterocycles. The zero-order chi connectivity index (χ0) is 17.4. The number of aromatic amines is 1. The van der Waals surface area contributed by atoms with Crippen molar-refractivity contribution in [1.29, 1.82) is 0 Å². The topological polar surface area (TPSA) is 66.8 Å². The first kappa shape index (κ1) is 16.0. The molecule has 0 atom stereocenters. The second-order valence-electron chi connectivity index (χ2n) is 6.71. The van der Waals surface area contributed by atoms with Crippen molar-refractivity contribution in [2.45, 2.75) is 46.3 Å². The van der Waals surface area contributed by atoms with E-state index in [0.29, 0.717) is 12.4 Å². The molecular weight excluding hydrogens is 314 g/mol. The molecule has 6 nitrogen and oxygen atoms in total. The van der Waals surface area contributed by atoms with Crippen molar-refractivity contribution >= 4 is 11.0 Å². The monoisotopic (exact) mass is 337 g/mol. The normalized spacial score (nSPS) is 14.8. The van der Waals surface area contributed by atoms with E-state index in [0.717, 1.165) is 55.1 Å². The molecule has 0 aliphatic carbocycles. The van der Waals surface area contributed by atoms with Gasteiger partial charge in [-0.15, -0.1) is 0 Å². The minimum atomic E-state index is -0.00531. The van der Waals surface area contributed by atoms with Gasteiger partial charge in [0.1, 0.15) is 11.6 Å². The van der Waals surface area contributed by atoms with Crippen molar-refractivity contribution in [1.82, 2.24) is 24.4 Å². The maximum atomic E-state index is 12.2. The lowest BCUT2D eigenvalue weighted by atomic mass is 10.1. The van der Waals surface area contributed by atoms with Crippen LogP contribution in [0.1, 0.15) is 36.3 Å². The maximum Gasteiger partial charge on any atom is 0.255 e. The SMILES string of the molecule is CCCn1c(CN2CCc3nc(C)[nH]c(=O)c3C2)nc2ccccc21. The summed E-state index contributed by atoms with van der Waals surface area (Å²) in [5, 5.41) is 0. The summed E-state index contributed by atoms with van der Waals surface area (Å²) in [6.45, 7) is 7.26. The molecule has 0 bridgehead atoms. The minimum absolute atomic E-state index is 0.00531. The Morgan fingerprint density at radius 2 is 2.08 bits per heavy atom. The average molecular weight is 337 g/mol. The number of benzene rings is 1. The Labute approximate surface area is 146 Å². The number of H-pyrrole nitrogens is 1. The molecule has 2 aromatic heterocycles. The summed E-state index contributed by atoms with van der Waals surface area (Å²) in [6, 6.07) is 8.28. The van der Waals surface area contributed by atoms with E-state index in [9.17, 15) is 4.79 Å². The van der Waals surface area contributed by atoms with Crippen molar-refractivity contribution < 1.29 is 0 Å². The van der Waals surface area contributed by atoms with E-state index >= 15 is 0 Å². The molecule has 0 saturated carbocycles. The number of hydrogen-bond acceptors (Lipinski definition) is 4. The molecule has 6 heteroatoms. The van der Waals surface area contributed by atoms with Gasteiger partial charge in [-0.2, -0.15) is 0 Å².